The van der Waals surface area contributed by atoms with Gasteiger partial charge in [-0.15, -0.1) is 11.3 Å². The molecule has 132 valence electrons. The summed E-state index contributed by atoms with van der Waals surface area (Å²) in [6, 6.07) is 12.3. The number of aryl methyl sites for hydroxylation is 1. The average Bonchev–Trinajstić information content (AvgIpc) is 3.24. The van der Waals surface area contributed by atoms with Gasteiger partial charge in [0.25, 0.3) is 0 Å². The Bertz CT molecular complexity index is 991. The van der Waals surface area contributed by atoms with Crippen LogP contribution in [0.15, 0.2) is 55.3 Å². The van der Waals surface area contributed by atoms with Crippen molar-refractivity contribution in [1.29, 1.82) is 0 Å². The summed E-state index contributed by atoms with van der Waals surface area (Å²) in [5.41, 5.74) is 4.37. The number of hydrogen-bond acceptors (Lipinski definition) is 3. The van der Waals surface area contributed by atoms with Gasteiger partial charge in [-0.1, -0.05) is 42.4 Å². The number of halogens is 1. The van der Waals surface area contributed by atoms with E-state index in [1.807, 2.05) is 42.4 Å². The van der Waals surface area contributed by atoms with E-state index in [0.29, 0.717) is 13.1 Å². The summed E-state index contributed by atoms with van der Waals surface area (Å²) in [5, 5.41) is 4.56. The SMILES string of the molecule is C=CC(=O)N1Cc2sc(Cl)cc2[C@@H](c2ccccc2-c2ccn(C)n2)C1. The molecule has 1 aromatic carbocycles. The Morgan fingerprint density at radius 1 is 1.35 bits per heavy atom. The lowest BCUT2D eigenvalue weighted by atomic mass is 9.85. The predicted molar refractivity (Wildman–Crippen MR) is 105 cm³/mol. The van der Waals surface area contributed by atoms with E-state index in [1.165, 1.54) is 11.6 Å². The van der Waals surface area contributed by atoms with Crippen LogP contribution in [0.25, 0.3) is 11.3 Å². The van der Waals surface area contributed by atoms with E-state index in [2.05, 4.69) is 23.8 Å². The Balaban J connectivity index is 1.84. The maximum Gasteiger partial charge on any atom is 0.246 e. The number of amides is 1. The molecule has 0 aliphatic carbocycles. The normalized spacial score (nSPS) is 16.4. The molecule has 0 fully saturated rings. The van der Waals surface area contributed by atoms with E-state index < -0.39 is 0 Å². The molecule has 0 bridgehead atoms. The van der Waals surface area contributed by atoms with E-state index in [-0.39, 0.29) is 11.8 Å². The number of fused-ring (bicyclic) bond motifs is 1. The largest absolute Gasteiger partial charge is 0.333 e. The molecular formula is C20H18ClN3OS. The van der Waals surface area contributed by atoms with E-state index in [0.717, 1.165) is 26.0 Å². The number of hydrogen-bond donors (Lipinski definition) is 0. The van der Waals surface area contributed by atoms with Gasteiger partial charge in [-0.2, -0.15) is 5.10 Å². The molecule has 1 amide bonds. The zero-order chi connectivity index (χ0) is 18.3. The second-order valence-electron chi connectivity index (χ2n) is 6.37. The molecule has 4 nitrogen and oxygen atoms in total. The molecule has 0 unspecified atom stereocenters. The van der Waals surface area contributed by atoms with Gasteiger partial charge < -0.3 is 4.90 Å². The fourth-order valence-corrected chi connectivity index (χ4v) is 4.90. The summed E-state index contributed by atoms with van der Waals surface area (Å²) in [4.78, 5) is 15.3. The monoisotopic (exact) mass is 383 g/mol. The van der Waals surface area contributed by atoms with Crippen molar-refractivity contribution in [2.75, 3.05) is 6.54 Å². The summed E-state index contributed by atoms with van der Waals surface area (Å²) in [6.45, 7) is 4.83. The molecule has 3 aromatic rings. The van der Waals surface area contributed by atoms with Crippen LogP contribution in [-0.4, -0.2) is 27.1 Å². The minimum absolute atomic E-state index is 0.0551. The van der Waals surface area contributed by atoms with Gasteiger partial charge >= 0.3 is 0 Å². The summed E-state index contributed by atoms with van der Waals surface area (Å²) in [6.07, 6.45) is 3.31. The van der Waals surface area contributed by atoms with Crippen molar-refractivity contribution in [1.82, 2.24) is 14.7 Å². The highest BCUT2D eigenvalue weighted by Crippen LogP contribution is 2.42. The van der Waals surface area contributed by atoms with Crippen LogP contribution in [0.5, 0.6) is 0 Å². The first-order chi connectivity index (χ1) is 12.6. The number of nitrogens with zero attached hydrogens (tertiary/aromatic N) is 3. The van der Waals surface area contributed by atoms with Crippen molar-refractivity contribution in [3.05, 3.63) is 75.6 Å². The maximum absolute atomic E-state index is 12.3. The van der Waals surface area contributed by atoms with Gasteiger partial charge in [-0.3, -0.25) is 9.48 Å². The number of benzene rings is 1. The highest BCUT2D eigenvalue weighted by atomic mass is 35.5. The molecule has 4 rings (SSSR count). The molecule has 0 radical (unpaired) electrons. The molecular weight excluding hydrogens is 366 g/mol. The Labute approximate surface area is 161 Å². The topological polar surface area (TPSA) is 38.1 Å². The third kappa shape index (κ3) is 2.97. The van der Waals surface area contributed by atoms with Gasteiger partial charge in [0.1, 0.15) is 0 Å². The van der Waals surface area contributed by atoms with Crippen LogP contribution in [-0.2, 0) is 18.4 Å². The van der Waals surface area contributed by atoms with E-state index in [1.54, 1.807) is 16.0 Å². The van der Waals surface area contributed by atoms with Gasteiger partial charge in [0.2, 0.25) is 5.91 Å². The molecule has 1 atom stereocenters. The zero-order valence-corrected chi connectivity index (χ0v) is 15.9. The molecule has 6 heteroatoms. The minimum atomic E-state index is -0.0551. The van der Waals surface area contributed by atoms with E-state index in [9.17, 15) is 4.79 Å². The Morgan fingerprint density at radius 2 is 2.15 bits per heavy atom. The van der Waals surface area contributed by atoms with Crippen LogP contribution in [0.3, 0.4) is 0 Å². The van der Waals surface area contributed by atoms with Gasteiger partial charge in [0.15, 0.2) is 0 Å². The molecule has 0 saturated carbocycles. The lowest BCUT2D eigenvalue weighted by molar-refractivity contribution is -0.127. The first kappa shape index (κ1) is 17.1. The highest BCUT2D eigenvalue weighted by molar-refractivity contribution is 7.16. The van der Waals surface area contributed by atoms with Crippen LogP contribution in [0.2, 0.25) is 4.34 Å². The van der Waals surface area contributed by atoms with Gasteiger partial charge in [0.05, 0.1) is 16.6 Å². The van der Waals surface area contributed by atoms with Gasteiger partial charge in [-0.05, 0) is 29.3 Å². The van der Waals surface area contributed by atoms with Crippen LogP contribution >= 0.6 is 22.9 Å². The summed E-state index contributed by atoms with van der Waals surface area (Å²) >= 11 is 7.85. The van der Waals surface area contributed by atoms with E-state index >= 15 is 0 Å². The number of thiophene rings is 1. The molecule has 0 N–H and O–H groups in total. The smallest absolute Gasteiger partial charge is 0.246 e. The lowest BCUT2D eigenvalue weighted by Gasteiger charge is -2.33. The van der Waals surface area contributed by atoms with E-state index in [4.69, 9.17) is 11.6 Å². The second-order valence-corrected chi connectivity index (χ2v) is 8.13. The standard InChI is InChI=1S/C20H18ClN3OS/c1-3-20(25)24-11-16(15-10-19(21)26-18(15)12-24)13-6-4-5-7-14(13)17-8-9-23(2)22-17/h3-10,16H,1,11-12H2,2H3/t16-/m1/s1. The Morgan fingerprint density at radius 3 is 2.88 bits per heavy atom. The maximum atomic E-state index is 12.3. The number of carbonyl (C=O) groups is 1. The van der Waals surface area contributed by atoms with Crippen molar-refractivity contribution in [3.63, 3.8) is 0 Å². The van der Waals surface area contributed by atoms with Crippen LogP contribution in [0, 0.1) is 0 Å². The highest BCUT2D eigenvalue weighted by Gasteiger charge is 2.31. The zero-order valence-electron chi connectivity index (χ0n) is 14.4. The van der Waals surface area contributed by atoms with Crippen LogP contribution < -0.4 is 0 Å². The van der Waals surface area contributed by atoms with Crippen molar-refractivity contribution >= 4 is 28.8 Å². The van der Waals surface area contributed by atoms with Crippen molar-refractivity contribution in [2.24, 2.45) is 7.05 Å². The molecule has 3 heterocycles. The molecule has 2 aromatic heterocycles. The molecule has 26 heavy (non-hydrogen) atoms. The molecule has 0 saturated heterocycles. The van der Waals surface area contributed by atoms with Crippen molar-refractivity contribution in [2.45, 2.75) is 12.5 Å². The average molecular weight is 384 g/mol. The first-order valence-corrected chi connectivity index (χ1v) is 9.54. The summed E-state index contributed by atoms with van der Waals surface area (Å²) in [5.74, 6) is 0.00472. The second kappa shape index (κ2) is 6.74. The quantitative estimate of drug-likeness (QED) is 0.626. The predicted octanol–water partition coefficient (Wildman–Crippen LogP) is 4.46. The summed E-state index contributed by atoms with van der Waals surface area (Å²) < 4.78 is 2.55. The lowest BCUT2D eigenvalue weighted by Crippen LogP contribution is -2.37. The third-order valence-electron chi connectivity index (χ3n) is 4.74. The number of carbonyl (C=O) groups excluding carboxylic acids is 1. The first-order valence-electron chi connectivity index (χ1n) is 8.35. The van der Waals surface area contributed by atoms with Gasteiger partial charge in [-0.25, -0.2) is 0 Å². The molecule has 1 aliphatic heterocycles. The van der Waals surface area contributed by atoms with Crippen LogP contribution in [0.1, 0.15) is 21.9 Å². The number of aromatic nitrogens is 2. The Kier molecular flexibility index (Phi) is 4.42. The van der Waals surface area contributed by atoms with Gasteiger partial charge in [0, 0.05) is 36.1 Å². The fraction of sp³-hybridized carbons (Fsp3) is 0.200. The molecule has 1 aliphatic rings. The fourth-order valence-electron chi connectivity index (χ4n) is 3.54. The summed E-state index contributed by atoms with van der Waals surface area (Å²) in [7, 11) is 1.91. The molecule has 0 spiro atoms. The Hall–Kier alpha value is -2.37. The minimum Gasteiger partial charge on any atom is -0.333 e. The van der Waals surface area contributed by atoms with Crippen molar-refractivity contribution in [3.8, 4) is 11.3 Å². The van der Waals surface area contributed by atoms with Crippen molar-refractivity contribution < 1.29 is 4.79 Å². The number of rotatable bonds is 3. The third-order valence-corrected chi connectivity index (χ3v) is 6.00. The van der Waals surface area contributed by atoms with Crippen LogP contribution in [0.4, 0.5) is 0 Å².